The molecule has 1 saturated heterocycles. The largest absolute Gasteiger partial charge is 0.388 e. The van der Waals surface area contributed by atoms with Crippen LogP contribution in [-0.2, 0) is 9.47 Å². The third kappa shape index (κ3) is 2.87. The molecule has 0 radical (unpaired) electrons. The van der Waals surface area contributed by atoms with Gasteiger partial charge in [0.1, 0.15) is 18.3 Å². The van der Waals surface area contributed by atoms with E-state index in [2.05, 4.69) is 0 Å². The molecule has 0 aromatic heterocycles. The van der Waals surface area contributed by atoms with Crippen molar-refractivity contribution in [3.63, 3.8) is 0 Å². The van der Waals surface area contributed by atoms with Gasteiger partial charge >= 0.3 is 0 Å². The smallest absolute Gasteiger partial charge is 0.175 e. The average Bonchev–Trinajstić information content (AvgIpc) is 2.25. The van der Waals surface area contributed by atoms with Gasteiger partial charge < -0.3 is 31.2 Å². The van der Waals surface area contributed by atoms with Gasteiger partial charge in [-0.1, -0.05) is 6.92 Å². The zero-order valence-corrected chi connectivity index (χ0v) is 8.87. The third-order valence-corrected chi connectivity index (χ3v) is 2.47. The summed E-state index contributed by atoms with van der Waals surface area (Å²) >= 11 is 0. The standard InChI is InChI=1S/C9H20N2O4/c1-2-3-14-9-6(11)8(13)7(12)5(4-10)15-9/h5-9,12-13H,2-4,10-11H2,1H3/t5-,6-,7-,8-,9+/m1/s1. The molecule has 0 aromatic carbocycles. The fraction of sp³-hybridized carbons (Fsp3) is 1.00. The fourth-order valence-electron chi connectivity index (χ4n) is 1.53. The maximum atomic E-state index is 9.63. The molecule has 0 spiro atoms. The van der Waals surface area contributed by atoms with Gasteiger partial charge in [0, 0.05) is 13.2 Å². The molecular weight excluding hydrogens is 200 g/mol. The van der Waals surface area contributed by atoms with E-state index in [4.69, 9.17) is 20.9 Å². The van der Waals surface area contributed by atoms with Gasteiger partial charge in [-0.2, -0.15) is 0 Å². The van der Waals surface area contributed by atoms with Crippen molar-refractivity contribution in [2.75, 3.05) is 13.2 Å². The highest BCUT2D eigenvalue weighted by molar-refractivity contribution is 4.91. The minimum atomic E-state index is -1.06. The van der Waals surface area contributed by atoms with E-state index in [9.17, 15) is 10.2 Å². The molecule has 0 aromatic rings. The summed E-state index contributed by atoms with van der Waals surface area (Å²) in [6.07, 6.45) is -2.60. The van der Waals surface area contributed by atoms with Crippen molar-refractivity contribution in [3.8, 4) is 0 Å². The summed E-state index contributed by atoms with van der Waals surface area (Å²) in [6, 6.07) is -0.741. The van der Waals surface area contributed by atoms with E-state index >= 15 is 0 Å². The van der Waals surface area contributed by atoms with Crippen molar-refractivity contribution in [3.05, 3.63) is 0 Å². The van der Waals surface area contributed by atoms with Crippen LogP contribution in [0.1, 0.15) is 13.3 Å². The lowest BCUT2D eigenvalue weighted by Gasteiger charge is -2.40. The number of nitrogens with two attached hydrogens (primary N) is 2. The quantitative estimate of drug-likeness (QED) is 0.442. The first-order valence-corrected chi connectivity index (χ1v) is 5.20. The number of hydrogen-bond donors (Lipinski definition) is 4. The van der Waals surface area contributed by atoms with Crippen LogP contribution < -0.4 is 11.5 Å². The Kier molecular flexibility index (Phi) is 4.91. The lowest BCUT2D eigenvalue weighted by Crippen LogP contribution is -2.63. The highest BCUT2D eigenvalue weighted by Gasteiger charge is 2.42. The highest BCUT2D eigenvalue weighted by atomic mass is 16.7. The van der Waals surface area contributed by atoms with Crippen molar-refractivity contribution in [2.45, 2.75) is 44.0 Å². The monoisotopic (exact) mass is 220 g/mol. The Balaban J connectivity index is 2.57. The third-order valence-electron chi connectivity index (χ3n) is 2.47. The Bertz CT molecular complexity index is 191. The summed E-state index contributed by atoms with van der Waals surface area (Å²) in [5, 5.41) is 19.2. The van der Waals surface area contributed by atoms with Gasteiger partial charge in [-0.15, -0.1) is 0 Å². The molecule has 0 bridgehead atoms. The Hall–Kier alpha value is -0.240. The van der Waals surface area contributed by atoms with Crippen LogP contribution in [0.4, 0.5) is 0 Å². The second kappa shape index (κ2) is 5.74. The van der Waals surface area contributed by atoms with Crippen molar-refractivity contribution >= 4 is 0 Å². The van der Waals surface area contributed by atoms with Crippen LogP contribution in [0.3, 0.4) is 0 Å². The van der Waals surface area contributed by atoms with E-state index in [1.807, 2.05) is 6.92 Å². The van der Waals surface area contributed by atoms with Crippen molar-refractivity contribution < 1.29 is 19.7 Å². The first kappa shape index (κ1) is 12.8. The normalized spacial score (nSPS) is 41.8. The number of hydrogen-bond acceptors (Lipinski definition) is 6. The lowest BCUT2D eigenvalue weighted by molar-refractivity contribution is -0.256. The molecule has 0 aliphatic carbocycles. The van der Waals surface area contributed by atoms with Crippen LogP contribution in [0.25, 0.3) is 0 Å². The van der Waals surface area contributed by atoms with Gasteiger partial charge in [-0.25, -0.2) is 0 Å². The van der Waals surface area contributed by atoms with Gasteiger partial charge in [0.2, 0.25) is 0 Å². The van der Waals surface area contributed by atoms with Crippen LogP contribution in [0, 0.1) is 0 Å². The minimum Gasteiger partial charge on any atom is -0.388 e. The zero-order valence-electron chi connectivity index (χ0n) is 8.87. The maximum absolute atomic E-state index is 9.63. The van der Waals surface area contributed by atoms with E-state index < -0.39 is 30.6 Å². The molecule has 6 N–H and O–H groups in total. The lowest BCUT2D eigenvalue weighted by atomic mass is 9.97. The van der Waals surface area contributed by atoms with Gasteiger partial charge in [0.15, 0.2) is 6.29 Å². The number of aliphatic hydroxyl groups is 2. The molecule has 1 rings (SSSR count). The average molecular weight is 220 g/mol. The van der Waals surface area contributed by atoms with Crippen LogP contribution in [-0.4, -0.2) is 54.0 Å². The number of rotatable bonds is 4. The van der Waals surface area contributed by atoms with E-state index in [-0.39, 0.29) is 6.54 Å². The Labute approximate surface area is 89.1 Å². The van der Waals surface area contributed by atoms with Crippen LogP contribution in [0.15, 0.2) is 0 Å². The topological polar surface area (TPSA) is 111 Å². The van der Waals surface area contributed by atoms with Crippen LogP contribution in [0.5, 0.6) is 0 Å². The van der Waals surface area contributed by atoms with Gasteiger partial charge in [-0.3, -0.25) is 0 Å². The van der Waals surface area contributed by atoms with E-state index in [0.29, 0.717) is 6.61 Å². The molecule has 0 saturated carbocycles. The molecule has 0 amide bonds. The Morgan fingerprint density at radius 1 is 1.33 bits per heavy atom. The van der Waals surface area contributed by atoms with Crippen molar-refractivity contribution in [1.82, 2.24) is 0 Å². The van der Waals surface area contributed by atoms with Gasteiger partial charge in [0.05, 0.1) is 6.04 Å². The summed E-state index contributed by atoms with van der Waals surface area (Å²) < 4.78 is 10.7. The summed E-state index contributed by atoms with van der Waals surface area (Å²) in [5.41, 5.74) is 11.1. The second-order valence-electron chi connectivity index (χ2n) is 3.71. The zero-order chi connectivity index (χ0) is 11.4. The Morgan fingerprint density at radius 2 is 2.00 bits per heavy atom. The first-order chi connectivity index (χ1) is 7.11. The fourth-order valence-corrected chi connectivity index (χ4v) is 1.53. The molecule has 1 aliphatic heterocycles. The van der Waals surface area contributed by atoms with Gasteiger partial charge in [-0.05, 0) is 6.42 Å². The van der Waals surface area contributed by atoms with E-state index in [1.165, 1.54) is 0 Å². The number of ether oxygens (including phenoxy) is 2. The summed E-state index contributed by atoms with van der Waals surface area (Å²) in [4.78, 5) is 0. The SMILES string of the molecule is CCCO[C@H]1O[C@H](CN)[C@@H](O)[C@H](O)[C@H]1N. The Morgan fingerprint density at radius 3 is 2.53 bits per heavy atom. The number of aliphatic hydroxyl groups excluding tert-OH is 2. The molecule has 6 nitrogen and oxygen atoms in total. The molecule has 1 fully saturated rings. The minimum absolute atomic E-state index is 0.122. The molecule has 6 heteroatoms. The highest BCUT2D eigenvalue weighted by Crippen LogP contribution is 2.20. The predicted octanol–water partition coefficient (Wildman–Crippen LogP) is -1.85. The van der Waals surface area contributed by atoms with Crippen LogP contribution >= 0.6 is 0 Å². The van der Waals surface area contributed by atoms with Crippen molar-refractivity contribution in [2.24, 2.45) is 11.5 Å². The predicted molar refractivity (Wildman–Crippen MR) is 53.9 cm³/mol. The van der Waals surface area contributed by atoms with E-state index in [1.54, 1.807) is 0 Å². The molecule has 15 heavy (non-hydrogen) atoms. The molecular formula is C9H20N2O4. The summed E-state index contributed by atoms with van der Waals surface area (Å²) in [5.74, 6) is 0. The molecule has 5 atom stereocenters. The van der Waals surface area contributed by atoms with Crippen LogP contribution in [0.2, 0.25) is 0 Å². The first-order valence-electron chi connectivity index (χ1n) is 5.20. The molecule has 1 heterocycles. The summed E-state index contributed by atoms with van der Waals surface area (Å²) in [6.45, 7) is 2.58. The summed E-state index contributed by atoms with van der Waals surface area (Å²) in [7, 11) is 0. The maximum Gasteiger partial charge on any atom is 0.175 e. The second-order valence-corrected chi connectivity index (χ2v) is 3.71. The van der Waals surface area contributed by atoms with E-state index in [0.717, 1.165) is 6.42 Å². The van der Waals surface area contributed by atoms with Gasteiger partial charge in [0.25, 0.3) is 0 Å². The van der Waals surface area contributed by atoms with Crippen molar-refractivity contribution in [1.29, 1.82) is 0 Å². The molecule has 0 unspecified atom stereocenters. The molecule has 90 valence electrons. The molecule has 1 aliphatic rings.